The molecule has 0 fully saturated rings. The van der Waals surface area contributed by atoms with Gasteiger partial charge in [-0.25, -0.2) is 4.79 Å². The van der Waals surface area contributed by atoms with Crippen LogP contribution < -0.4 is 5.32 Å². The molecule has 0 saturated heterocycles. The number of allylic oxidation sites excluding steroid dienone is 1. The van der Waals surface area contributed by atoms with Gasteiger partial charge in [0, 0.05) is 19.8 Å². The molecule has 0 aromatic carbocycles. The highest BCUT2D eigenvalue weighted by atomic mass is 16.6. The normalized spacial score (nSPS) is 13.0. The monoisotopic (exact) mass is 212 g/mol. The number of aliphatic imine (C=N–C) groups is 1. The zero-order chi connectivity index (χ0) is 11.9. The second kappa shape index (κ2) is 6.22. The molecule has 0 spiro atoms. The Morgan fingerprint density at radius 2 is 2.07 bits per heavy atom. The van der Waals surface area contributed by atoms with Crippen LogP contribution in [0.5, 0.6) is 0 Å². The van der Waals surface area contributed by atoms with Gasteiger partial charge < -0.3 is 10.1 Å². The number of carbonyl (C=O) groups excluding carboxylic acids is 1. The average Bonchev–Trinajstić information content (AvgIpc) is 2.09. The van der Waals surface area contributed by atoms with E-state index >= 15 is 0 Å². The molecule has 0 aliphatic rings. The van der Waals surface area contributed by atoms with E-state index in [1.165, 1.54) is 0 Å². The van der Waals surface area contributed by atoms with Crippen LogP contribution in [0.15, 0.2) is 16.6 Å². The topological polar surface area (TPSA) is 50.7 Å². The quantitative estimate of drug-likeness (QED) is 0.729. The number of rotatable bonds is 3. The summed E-state index contributed by atoms with van der Waals surface area (Å²) in [6, 6.07) is 0. The molecule has 4 heteroatoms. The summed E-state index contributed by atoms with van der Waals surface area (Å²) in [5, 5.41) is 2.65. The summed E-state index contributed by atoms with van der Waals surface area (Å²) in [7, 11) is 1.69. The van der Waals surface area contributed by atoms with E-state index in [0.29, 0.717) is 6.54 Å². The molecule has 0 saturated carbocycles. The summed E-state index contributed by atoms with van der Waals surface area (Å²) in [6.45, 7) is 7.82. The second-order valence-corrected chi connectivity index (χ2v) is 4.11. The minimum atomic E-state index is -0.459. The van der Waals surface area contributed by atoms with E-state index in [9.17, 15) is 4.79 Å². The Morgan fingerprint density at radius 3 is 2.47 bits per heavy atom. The summed E-state index contributed by atoms with van der Waals surface area (Å²) < 4.78 is 5.09. The SMILES string of the molecule is C/C=C(\C=N/C)CNC(=O)OC(C)(C)C. The van der Waals surface area contributed by atoms with Crippen molar-refractivity contribution in [1.82, 2.24) is 5.32 Å². The van der Waals surface area contributed by atoms with Gasteiger partial charge in [-0.3, -0.25) is 4.99 Å². The Labute approximate surface area is 91.4 Å². The molecule has 1 N–H and O–H groups in total. The van der Waals surface area contributed by atoms with Crippen molar-refractivity contribution in [2.75, 3.05) is 13.6 Å². The van der Waals surface area contributed by atoms with E-state index in [1.54, 1.807) is 13.3 Å². The first-order chi connectivity index (χ1) is 6.89. The van der Waals surface area contributed by atoms with E-state index in [-0.39, 0.29) is 0 Å². The summed E-state index contributed by atoms with van der Waals surface area (Å²) >= 11 is 0. The lowest BCUT2D eigenvalue weighted by atomic mass is 10.2. The number of ether oxygens (including phenoxy) is 1. The number of nitrogens with one attached hydrogen (secondary N) is 1. The fourth-order valence-electron chi connectivity index (χ4n) is 0.876. The van der Waals surface area contributed by atoms with Gasteiger partial charge in [0.05, 0.1) is 0 Å². The van der Waals surface area contributed by atoms with Crippen LogP contribution in [0.25, 0.3) is 0 Å². The molecule has 4 nitrogen and oxygen atoms in total. The molecule has 0 aliphatic heterocycles. The third-order valence-electron chi connectivity index (χ3n) is 1.50. The Kier molecular flexibility index (Phi) is 5.67. The van der Waals surface area contributed by atoms with Crippen molar-refractivity contribution in [1.29, 1.82) is 0 Å². The maximum absolute atomic E-state index is 11.3. The molecule has 0 unspecified atom stereocenters. The molecular weight excluding hydrogens is 192 g/mol. The van der Waals surface area contributed by atoms with E-state index < -0.39 is 11.7 Å². The number of amides is 1. The minimum absolute atomic E-state index is 0.411. The maximum Gasteiger partial charge on any atom is 0.407 e. The minimum Gasteiger partial charge on any atom is -0.444 e. The fourth-order valence-corrected chi connectivity index (χ4v) is 0.876. The van der Waals surface area contributed by atoms with Crippen LogP contribution in [-0.2, 0) is 4.74 Å². The van der Waals surface area contributed by atoms with Gasteiger partial charge >= 0.3 is 6.09 Å². The van der Waals surface area contributed by atoms with Crippen LogP contribution >= 0.6 is 0 Å². The second-order valence-electron chi connectivity index (χ2n) is 4.11. The van der Waals surface area contributed by atoms with Gasteiger partial charge in [-0.1, -0.05) is 6.08 Å². The van der Waals surface area contributed by atoms with Gasteiger partial charge in [0.25, 0.3) is 0 Å². The summed E-state index contributed by atoms with van der Waals surface area (Å²) in [4.78, 5) is 15.2. The van der Waals surface area contributed by atoms with Crippen LogP contribution in [-0.4, -0.2) is 31.5 Å². The van der Waals surface area contributed by atoms with Crippen molar-refractivity contribution >= 4 is 12.3 Å². The molecule has 0 atom stereocenters. The molecule has 0 rings (SSSR count). The molecule has 0 aliphatic carbocycles. The molecule has 0 bridgehead atoms. The Hall–Kier alpha value is -1.32. The van der Waals surface area contributed by atoms with Crippen LogP contribution in [0.2, 0.25) is 0 Å². The zero-order valence-corrected chi connectivity index (χ0v) is 10.1. The maximum atomic E-state index is 11.3. The third kappa shape index (κ3) is 7.73. The molecule has 0 heterocycles. The zero-order valence-electron chi connectivity index (χ0n) is 10.1. The van der Waals surface area contributed by atoms with Crippen molar-refractivity contribution < 1.29 is 9.53 Å². The first-order valence-corrected chi connectivity index (χ1v) is 4.93. The van der Waals surface area contributed by atoms with Crippen LogP contribution in [0.3, 0.4) is 0 Å². The standard InChI is InChI=1S/C11H20N2O2/c1-6-9(7-12-5)8-13-10(14)15-11(2,3)4/h6-7H,8H2,1-5H3,(H,13,14)/b9-6+,12-7-. The molecule has 15 heavy (non-hydrogen) atoms. The number of hydrogen-bond acceptors (Lipinski definition) is 3. The van der Waals surface area contributed by atoms with Crippen LogP contribution in [0.1, 0.15) is 27.7 Å². The molecule has 0 radical (unpaired) electrons. The van der Waals surface area contributed by atoms with Crippen molar-refractivity contribution in [3.8, 4) is 0 Å². The predicted octanol–water partition coefficient (Wildman–Crippen LogP) is 2.16. The summed E-state index contributed by atoms with van der Waals surface area (Å²) in [6.07, 6.45) is 3.19. The van der Waals surface area contributed by atoms with Gasteiger partial charge in [0.2, 0.25) is 0 Å². The number of hydrogen-bond donors (Lipinski definition) is 1. The average molecular weight is 212 g/mol. The summed E-state index contributed by atoms with van der Waals surface area (Å²) in [5.41, 5.74) is 0.488. The lowest BCUT2D eigenvalue weighted by Crippen LogP contribution is -2.33. The van der Waals surface area contributed by atoms with E-state index in [0.717, 1.165) is 5.57 Å². The number of nitrogens with zero attached hydrogens (tertiary/aromatic N) is 1. The van der Waals surface area contributed by atoms with Crippen molar-refractivity contribution in [2.45, 2.75) is 33.3 Å². The van der Waals surface area contributed by atoms with Crippen LogP contribution in [0.4, 0.5) is 4.79 Å². The largest absolute Gasteiger partial charge is 0.444 e. The first kappa shape index (κ1) is 13.7. The fraction of sp³-hybridized carbons (Fsp3) is 0.636. The number of carbonyl (C=O) groups is 1. The van der Waals surface area contributed by atoms with Crippen LogP contribution in [0, 0.1) is 0 Å². The van der Waals surface area contributed by atoms with Gasteiger partial charge in [-0.15, -0.1) is 0 Å². The third-order valence-corrected chi connectivity index (χ3v) is 1.50. The van der Waals surface area contributed by atoms with Crippen molar-refractivity contribution in [3.63, 3.8) is 0 Å². The molecule has 0 aromatic rings. The van der Waals surface area contributed by atoms with Gasteiger partial charge in [0.1, 0.15) is 5.60 Å². The highest BCUT2D eigenvalue weighted by Gasteiger charge is 2.15. The molecule has 1 amide bonds. The first-order valence-electron chi connectivity index (χ1n) is 4.93. The smallest absolute Gasteiger partial charge is 0.407 e. The molecule has 86 valence electrons. The predicted molar refractivity (Wildman–Crippen MR) is 62.4 cm³/mol. The van der Waals surface area contributed by atoms with Crippen molar-refractivity contribution in [3.05, 3.63) is 11.6 Å². The van der Waals surface area contributed by atoms with E-state index in [2.05, 4.69) is 10.3 Å². The Morgan fingerprint density at radius 1 is 1.47 bits per heavy atom. The Bertz CT molecular complexity index is 262. The Balaban J connectivity index is 4.01. The van der Waals surface area contributed by atoms with Gasteiger partial charge in [-0.2, -0.15) is 0 Å². The number of alkyl carbamates (subject to hydrolysis) is 1. The van der Waals surface area contributed by atoms with Gasteiger partial charge in [0.15, 0.2) is 0 Å². The highest BCUT2D eigenvalue weighted by molar-refractivity contribution is 5.80. The molecular formula is C11H20N2O2. The lowest BCUT2D eigenvalue weighted by molar-refractivity contribution is 0.0533. The van der Waals surface area contributed by atoms with Crippen molar-refractivity contribution in [2.24, 2.45) is 4.99 Å². The summed E-state index contributed by atoms with van der Waals surface area (Å²) in [5.74, 6) is 0. The highest BCUT2D eigenvalue weighted by Crippen LogP contribution is 2.06. The lowest BCUT2D eigenvalue weighted by Gasteiger charge is -2.19. The van der Waals surface area contributed by atoms with Gasteiger partial charge in [-0.05, 0) is 33.3 Å². The molecule has 0 aromatic heterocycles. The van der Waals surface area contributed by atoms with E-state index in [4.69, 9.17) is 4.74 Å². The van der Waals surface area contributed by atoms with E-state index in [1.807, 2.05) is 33.8 Å².